The van der Waals surface area contributed by atoms with Gasteiger partial charge >= 0.3 is 7.12 Å². The lowest BCUT2D eigenvalue weighted by molar-refractivity contribution is 0.00578. The van der Waals surface area contributed by atoms with Crippen molar-refractivity contribution in [2.24, 2.45) is 0 Å². The van der Waals surface area contributed by atoms with Crippen molar-refractivity contribution in [3.8, 4) is 0 Å². The summed E-state index contributed by atoms with van der Waals surface area (Å²) < 4.78 is 31.3. The third kappa shape index (κ3) is 2.06. The zero-order valence-electron chi connectivity index (χ0n) is 12.3. The average Bonchev–Trinajstić information content (AvgIpc) is 2.48. The van der Waals surface area contributed by atoms with E-state index in [-0.39, 0.29) is 11.7 Å². The zero-order chi connectivity index (χ0) is 14.5. The minimum Gasteiger partial charge on any atom is -0.398 e. The highest BCUT2D eigenvalue weighted by molar-refractivity contribution is 6.61. The van der Waals surface area contributed by atoms with Gasteiger partial charge in [-0.15, -0.1) is 0 Å². The predicted molar refractivity (Wildman–Crippen MR) is 73.5 cm³/mol. The second-order valence-electron chi connectivity index (χ2n) is 6.41. The third-order valence-corrected chi connectivity index (χ3v) is 4.49. The van der Waals surface area contributed by atoms with Gasteiger partial charge in [0.05, 0.1) is 30.0 Å². The number of rotatable bonds is 2. The van der Waals surface area contributed by atoms with Crippen molar-refractivity contribution in [3.63, 3.8) is 0 Å². The van der Waals surface area contributed by atoms with Gasteiger partial charge in [0.1, 0.15) is 5.82 Å². The molecule has 20 heavy (non-hydrogen) atoms. The molecule has 6 heteroatoms. The fraction of sp³-hybridized carbons (Fsp3) is 0.643. The lowest BCUT2D eigenvalue weighted by atomic mass is 9.77. The molecule has 108 valence electrons. The first-order valence-electron chi connectivity index (χ1n) is 6.89. The Bertz CT molecular complexity index is 515. The monoisotopic (exact) mass is 279 g/mol. The van der Waals surface area contributed by atoms with Crippen molar-refractivity contribution in [1.82, 2.24) is 4.98 Å². The second-order valence-corrected chi connectivity index (χ2v) is 6.41. The maximum absolute atomic E-state index is 14.2. The zero-order valence-corrected chi connectivity index (χ0v) is 12.3. The van der Waals surface area contributed by atoms with Crippen molar-refractivity contribution in [2.45, 2.75) is 44.8 Å². The van der Waals surface area contributed by atoms with E-state index >= 15 is 0 Å². The first kappa shape index (κ1) is 14.0. The first-order valence-corrected chi connectivity index (χ1v) is 6.89. The Morgan fingerprint density at radius 2 is 1.80 bits per heavy atom. The molecule has 2 aliphatic heterocycles. The maximum Gasteiger partial charge on any atom is 0.514 e. The van der Waals surface area contributed by atoms with Crippen LogP contribution < -0.4 is 5.59 Å². The summed E-state index contributed by atoms with van der Waals surface area (Å²) in [7, 11) is -0.633. The van der Waals surface area contributed by atoms with Crippen LogP contribution in [0.15, 0.2) is 12.3 Å². The summed E-state index contributed by atoms with van der Waals surface area (Å²) in [5.74, 6) is -0.226. The number of aromatic nitrogens is 1. The molecule has 0 radical (unpaired) electrons. The molecule has 0 bridgehead atoms. The Balaban J connectivity index is 1.97. The minimum absolute atomic E-state index is 0.0396. The van der Waals surface area contributed by atoms with E-state index < -0.39 is 18.3 Å². The average molecular weight is 279 g/mol. The molecule has 0 atom stereocenters. The van der Waals surface area contributed by atoms with Crippen molar-refractivity contribution in [1.29, 1.82) is 0 Å². The fourth-order valence-corrected chi connectivity index (χ4v) is 2.41. The first-order chi connectivity index (χ1) is 9.32. The standard InChI is InChI=1S/C14H19BFNO3/c1-13(2)14(3,4)20-15(19-13)12-11(9-7-18-8-9)10(16)5-6-17-12/h5-6,9H,7-8H2,1-4H3. The normalized spacial score (nSPS) is 24.8. The van der Waals surface area contributed by atoms with Crippen molar-refractivity contribution >= 4 is 12.7 Å². The van der Waals surface area contributed by atoms with E-state index in [1.807, 2.05) is 27.7 Å². The van der Waals surface area contributed by atoms with Crippen LogP contribution in [0.2, 0.25) is 0 Å². The van der Waals surface area contributed by atoms with E-state index in [0.29, 0.717) is 24.4 Å². The third-order valence-electron chi connectivity index (χ3n) is 4.49. The molecule has 0 aromatic carbocycles. The van der Waals surface area contributed by atoms with Gasteiger partial charge in [-0.1, -0.05) is 0 Å². The van der Waals surface area contributed by atoms with Gasteiger partial charge < -0.3 is 14.0 Å². The summed E-state index contributed by atoms with van der Waals surface area (Å²) in [4.78, 5) is 4.31. The fourth-order valence-electron chi connectivity index (χ4n) is 2.41. The van der Waals surface area contributed by atoms with Gasteiger partial charge in [0.25, 0.3) is 0 Å². The highest BCUT2D eigenvalue weighted by Crippen LogP contribution is 2.37. The molecular weight excluding hydrogens is 260 g/mol. The molecule has 0 N–H and O–H groups in total. The van der Waals surface area contributed by atoms with Crippen LogP contribution in [0, 0.1) is 5.82 Å². The van der Waals surface area contributed by atoms with Crippen LogP contribution in [-0.2, 0) is 14.0 Å². The van der Waals surface area contributed by atoms with E-state index in [9.17, 15) is 4.39 Å². The summed E-state index contributed by atoms with van der Waals surface area (Å²) in [5, 5.41) is 0. The summed E-state index contributed by atoms with van der Waals surface area (Å²) >= 11 is 0. The lowest BCUT2D eigenvalue weighted by Crippen LogP contribution is -2.43. The smallest absolute Gasteiger partial charge is 0.398 e. The second kappa shape index (κ2) is 4.51. The van der Waals surface area contributed by atoms with Crippen LogP contribution in [0.4, 0.5) is 4.39 Å². The molecule has 0 saturated carbocycles. The SMILES string of the molecule is CC1(C)OB(c2nccc(F)c2C2COC2)OC1(C)C. The number of halogens is 1. The topological polar surface area (TPSA) is 40.6 Å². The van der Waals surface area contributed by atoms with Crippen molar-refractivity contribution in [3.05, 3.63) is 23.6 Å². The number of ether oxygens (including phenoxy) is 1. The molecule has 1 aromatic heterocycles. The minimum atomic E-state index is -0.633. The number of hydrogen-bond acceptors (Lipinski definition) is 4. The Morgan fingerprint density at radius 3 is 2.30 bits per heavy atom. The van der Waals surface area contributed by atoms with Gasteiger partial charge in [0.15, 0.2) is 0 Å². The quantitative estimate of drug-likeness (QED) is 0.772. The Hall–Kier alpha value is -0.975. The van der Waals surface area contributed by atoms with E-state index in [1.165, 1.54) is 12.3 Å². The predicted octanol–water partition coefficient (Wildman–Crippen LogP) is 1.63. The number of nitrogens with zero attached hydrogens (tertiary/aromatic N) is 1. The molecule has 4 nitrogen and oxygen atoms in total. The largest absolute Gasteiger partial charge is 0.514 e. The Labute approximate surface area is 118 Å². The Morgan fingerprint density at radius 1 is 1.20 bits per heavy atom. The molecular formula is C14H19BFNO3. The number of pyridine rings is 1. The van der Waals surface area contributed by atoms with Crippen LogP contribution in [-0.4, -0.2) is 36.5 Å². The molecule has 1 aromatic rings. The van der Waals surface area contributed by atoms with E-state index in [0.717, 1.165) is 0 Å². The Kier molecular flexibility index (Phi) is 3.16. The molecule has 2 fully saturated rings. The van der Waals surface area contributed by atoms with Gasteiger partial charge in [-0.05, 0) is 33.8 Å². The lowest BCUT2D eigenvalue weighted by Gasteiger charge is -2.32. The van der Waals surface area contributed by atoms with Gasteiger partial charge in [0.2, 0.25) is 0 Å². The summed E-state index contributed by atoms with van der Waals surface area (Å²) in [6.45, 7) is 8.93. The van der Waals surface area contributed by atoms with E-state index in [4.69, 9.17) is 14.0 Å². The van der Waals surface area contributed by atoms with Gasteiger partial charge in [-0.2, -0.15) is 0 Å². The molecule has 2 aliphatic rings. The maximum atomic E-state index is 14.2. The van der Waals surface area contributed by atoms with Crippen molar-refractivity contribution in [2.75, 3.05) is 13.2 Å². The molecule has 3 heterocycles. The number of hydrogen-bond donors (Lipinski definition) is 0. The summed E-state index contributed by atoms with van der Waals surface area (Å²) in [6, 6.07) is 1.38. The summed E-state index contributed by atoms with van der Waals surface area (Å²) in [5.41, 5.74) is 0.187. The highest BCUT2D eigenvalue weighted by atomic mass is 19.1. The molecule has 0 spiro atoms. The van der Waals surface area contributed by atoms with E-state index in [2.05, 4.69) is 4.98 Å². The van der Waals surface area contributed by atoms with Gasteiger partial charge in [-0.3, -0.25) is 4.98 Å². The van der Waals surface area contributed by atoms with Crippen LogP contribution >= 0.6 is 0 Å². The van der Waals surface area contributed by atoms with Crippen LogP contribution in [0.3, 0.4) is 0 Å². The molecule has 2 saturated heterocycles. The molecule has 0 unspecified atom stereocenters. The molecule has 0 aliphatic carbocycles. The molecule has 3 rings (SSSR count). The van der Waals surface area contributed by atoms with Crippen molar-refractivity contribution < 1.29 is 18.4 Å². The highest BCUT2D eigenvalue weighted by Gasteiger charge is 2.53. The summed E-state index contributed by atoms with van der Waals surface area (Å²) in [6.07, 6.45) is 1.46. The van der Waals surface area contributed by atoms with E-state index in [1.54, 1.807) is 0 Å². The van der Waals surface area contributed by atoms with Crippen LogP contribution in [0.25, 0.3) is 0 Å². The van der Waals surface area contributed by atoms with Crippen LogP contribution in [0.5, 0.6) is 0 Å². The molecule has 0 amide bonds. The van der Waals surface area contributed by atoms with Crippen LogP contribution in [0.1, 0.15) is 39.2 Å². The van der Waals surface area contributed by atoms with Gasteiger partial charge in [0, 0.05) is 17.7 Å². The van der Waals surface area contributed by atoms with Gasteiger partial charge in [-0.25, -0.2) is 4.39 Å².